The summed E-state index contributed by atoms with van der Waals surface area (Å²) in [5.74, 6) is 0.886. The van der Waals surface area contributed by atoms with Crippen molar-refractivity contribution in [1.82, 2.24) is 9.80 Å². The molecule has 1 aliphatic carbocycles. The zero-order valence-electron chi connectivity index (χ0n) is 11.9. The van der Waals surface area contributed by atoms with Crippen LogP contribution in [-0.4, -0.2) is 54.6 Å². The Balaban J connectivity index is 1.67. The Bertz CT molecular complexity index is 275. The van der Waals surface area contributed by atoms with Crippen LogP contribution in [-0.2, 0) is 0 Å². The van der Waals surface area contributed by atoms with E-state index >= 15 is 0 Å². The second kappa shape index (κ2) is 5.48. The van der Waals surface area contributed by atoms with Crippen molar-refractivity contribution in [2.45, 2.75) is 63.1 Å². The van der Waals surface area contributed by atoms with Crippen molar-refractivity contribution < 1.29 is 0 Å². The smallest absolute Gasteiger partial charge is 0.0247 e. The summed E-state index contributed by atoms with van der Waals surface area (Å²) >= 11 is 0. The molecule has 2 aliphatic heterocycles. The van der Waals surface area contributed by atoms with E-state index < -0.39 is 0 Å². The first-order chi connectivity index (χ1) is 8.79. The van der Waals surface area contributed by atoms with E-state index in [1.165, 1.54) is 58.0 Å². The lowest BCUT2D eigenvalue weighted by molar-refractivity contribution is 0.132. The number of nitrogens with zero attached hydrogens (tertiary/aromatic N) is 2. The summed E-state index contributed by atoms with van der Waals surface area (Å²) < 4.78 is 0. The van der Waals surface area contributed by atoms with Gasteiger partial charge in [-0.3, -0.25) is 9.80 Å². The lowest BCUT2D eigenvalue weighted by atomic mass is 9.95. The molecule has 0 radical (unpaired) electrons. The molecule has 3 atom stereocenters. The van der Waals surface area contributed by atoms with E-state index in [0.29, 0.717) is 6.04 Å². The zero-order chi connectivity index (χ0) is 12.5. The van der Waals surface area contributed by atoms with E-state index in [-0.39, 0.29) is 0 Å². The predicted molar refractivity (Wildman–Crippen MR) is 75.6 cm³/mol. The molecule has 3 unspecified atom stereocenters. The fourth-order valence-electron chi connectivity index (χ4n) is 4.62. The maximum absolute atomic E-state index is 6.11. The van der Waals surface area contributed by atoms with Gasteiger partial charge in [0, 0.05) is 37.8 Å². The first-order valence-electron chi connectivity index (χ1n) is 7.95. The zero-order valence-corrected chi connectivity index (χ0v) is 11.9. The standard InChI is InChI=1S/C15H29N3/c1-17-13-6-7-14(17)11-18(9-8-13)15(10-16)12-4-2-3-5-12/h12-15H,2-11,16H2,1H3. The van der Waals surface area contributed by atoms with Crippen molar-refractivity contribution in [2.75, 3.05) is 26.7 Å². The van der Waals surface area contributed by atoms with E-state index in [1.54, 1.807) is 0 Å². The Kier molecular flexibility index (Phi) is 3.92. The van der Waals surface area contributed by atoms with Crippen LogP contribution < -0.4 is 5.73 Å². The second-order valence-electron chi connectivity index (χ2n) is 6.68. The van der Waals surface area contributed by atoms with Crippen LogP contribution in [0.3, 0.4) is 0 Å². The molecule has 2 bridgehead atoms. The van der Waals surface area contributed by atoms with Crippen LogP contribution in [0.1, 0.15) is 44.9 Å². The number of hydrogen-bond donors (Lipinski definition) is 1. The van der Waals surface area contributed by atoms with Gasteiger partial charge in [-0.15, -0.1) is 0 Å². The van der Waals surface area contributed by atoms with E-state index in [1.807, 2.05) is 0 Å². The summed E-state index contributed by atoms with van der Waals surface area (Å²) in [6.45, 7) is 3.42. The molecule has 0 spiro atoms. The first kappa shape index (κ1) is 12.9. The minimum Gasteiger partial charge on any atom is -0.329 e. The van der Waals surface area contributed by atoms with Crippen LogP contribution in [0.4, 0.5) is 0 Å². The van der Waals surface area contributed by atoms with E-state index in [4.69, 9.17) is 5.73 Å². The van der Waals surface area contributed by atoms with E-state index in [9.17, 15) is 0 Å². The quantitative estimate of drug-likeness (QED) is 0.828. The first-order valence-corrected chi connectivity index (χ1v) is 7.95. The normalized spacial score (nSPS) is 37.0. The molecule has 2 N–H and O–H groups in total. The summed E-state index contributed by atoms with van der Waals surface area (Å²) in [4.78, 5) is 5.39. The molecule has 3 fully saturated rings. The molecule has 0 aromatic carbocycles. The third kappa shape index (κ3) is 2.33. The molecule has 0 aromatic heterocycles. The van der Waals surface area contributed by atoms with Gasteiger partial charge in [0.25, 0.3) is 0 Å². The van der Waals surface area contributed by atoms with E-state index in [0.717, 1.165) is 24.5 Å². The molecule has 0 amide bonds. The van der Waals surface area contributed by atoms with Gasteiger partial charge in [-0.05, 0) is 45.1 Å². The van der Waals surface area contributed by atoms with Gasteiger partial charge in [-0.25, -0.2) is 0 Å². The molecule has 3 rings (SSSR count). The van der Waals surface area contributed by atoms with Gasteiger partial charge in [-0.1, -0.05) is 12.8 Å². The molecule has 3 heteroatoms. The Labute approximate surface area is 112 Å². The van der Waals surface area contributed by atoms with Crippen molar-refractivity contribution in [1.29, 1.82) is 0 Å². The fraction of sp³-hybridized carbons (Fsp3) is 1.00. The number of likely N-dealkylation sites (N-methyl/N-ethyl adjacent to an activating group) is 1. The number of nitrogens with two attached hydrogens (primary N) is 1. The Morgan fingerprint density at radius 1 is 1.06 bits per heavy atom. The third-order valence-corrected chi connectivity index (χ3v) is 5.83. The highest BCUT2D eigenvalue weighted by atomic mass is 15.3. The molecule has 18 heavy (non-hydrogen) atoms. The van der Waals surface area contributed by atoms with Crippen LogP contribution in [0.5, 0.6) is 0 Å². The van der Waals surface area contributed by atoms with Crippen molar-refractivity contribution in [2.24, 2.45) is 11.7 Å². The van der Waals surface area contributed by atoms with Gasteiger partial charge in [0.2, 0.25) is 0 Å². The lowest BCUT2D eigenvalue weighted by Crippen LogP contribution is -2.48. The van der Waals surface area contributed by atoms with Crippen molar-refractivity contribution in [3.63, 3.8) is 0 Å². The maximum Gasteiger partial charge on any atom is 0.0247 e. The summed E-state index contributed by atoms with van der Waals surface area (Å²) in [5.41, 5.74) is 6.11. The number of likely N-dealkylation sites (tertiary alicyclic amines) is 1. The van der Waals surface area contributed by atoms with Gasteiger partial charge < -0.3 is 5.73 Å². The molecular weight excluding hydrogens is 222 g/mol. The van der Waals surface area contributed by atoms with E-state index in [2.05, 4.69) is 16.8 Å². The highest BCUT2D eigenvalue weighted by molar-refractivity contribution is 4.94. The molecule has 3 aliphatic rings. The Hall–Kier alpha value is -0.120. The van der Waals surface area contributed by atoms with Crippen LogP contribution in [0, 0.1) is 5.92 Å². The molecule has 3 nitrogen and oxygen atoms in total. The maximum atomic E-state index is 6.11. The predicted octanol–water partition coefficient (Wildman–Crippen LogP) is 1.67. The molecular formula is C15H29N3. The Morgan fingerprint density at radius 3 is 2.50 bits per heavy atom. The van der Waals surface area contributed by atoms with Gasteiger partial charge in [-0.2, -0.15) is 0 Å². The number of rotatable bonds is 3. The molecule has 2 heterocycles. The SMILES string of the molecule is CN1C2CCC1CN(C(CN)C1CCCC1)CC2. The number of hydrogen-bond acceptors (Lipinski definition) is 3. The van der Waals surface area contributed by atoms with Crippen molar-refractivity contribution in [3.05, 3.63) is 0 Å². The average molecular weight is 251 g/mol. The molecule has 2 saturated heterocycles. The average Bonchev–Trinajstić information content (AvgIpc) is 2.93. The van der Waals surface area contributed by atoms with Crippen molar-refractivity contribution >= 4 is 0 Å². The number of fused-ring (bicyclic) bond motifs is 2. The summed E-state index contributed by atoms with van der Waals surface area (Å²) in [6, 6.07) is 2.32. The summed E-state index contributed by atoms with van der Waals surface area (Å²) in [6.07, 6.45) is 9.88. The second-order valence-corrected chi connectivity index (χ2v) is 6.68. The van der Waals surface area contributed by atoms with Gasteiger partial charge in [0.1, 0.15) is 0 Å². The van der Waals surface area contributed by atoms with Crippen LogP contribution in [0.15, 0.2) is 0 Å². The Morgan fingerprint density at radius 2 is 1.78 bits per heavy atom. The van der Waals surface area contributed by atoms with Crippen LogP contribution in [0.2, 0.25) is 0 Å². The highest BCUT2D eigenvalue weighted by Crippen LogP contribution is 2.34. The minimum atomic E-state index is 0.667. The lowest BCUT2D eigenvalue weighted by Gasteiger charge is -2.36. The van der Waals surface area contributed by atoms with Gasteiger partial charge in [0.05, 0.1) is 0 Å². The van der Waals surface area contributed by atoms with Crippen molar-refractivity contribution in [3.8, 4) is 0 Å². The molecule has 0 aromatic rings. The van der Waals surface area contributed by atoms with Crippen LogP contribution in [0.25, 0.3) is 0 Å². The third-order valence-electron chi connectivity index (χ3n) is 5.83. The molecule has 1 saturated carbocycles. The summed E-state index contributed by atoms with van der Waals surface area (Å²) in [5, 5.41) is 0. The minimum absolute atomic E-state index is 0.667. The van der Waals surface area contributed by atoms with Crippen LogP contribution >= 0.6 is 0 Å². The van der Waals surface area contributed by atoms with Gasteiger partial charge in [0.15, 0.2) is 0 Å². The monoisotopic (exact) mass is 251 g/mol. The van der Waals surface area contributed by atoms with Gasteiger partial charge >= 0.3 is 0 Å². The summed E-state index contributed by atoms with van der Waals surface area (Å²) in [7, 11) is 2.33. The largest absolute Gasteiger partial charge is 0.329 e. The molecule has 104 valence electrons. The topological polar surface area (TPSA) is 32.5 Å². The highest BCUT2D eigenvalue weighted by Gasteiger charge is 2.38. The fourth-order valence-corrected chi connectivity index (χ4v) is 4.62.